The molecule has 0 spiro atoms. The summed E-state index contributed by atoms with van der Waals surface area (Å²) in [5.41, 5.74) is -6.51. The van der Waals surface area contributed by atoms with Crippen molar-refractivity contribution in [1.82, 2.24) is 0 Å². The highest BCUT2D eigenvalue weighted by Gasteiger charge is 2.84. The van der Waals surface area contributed by atoms with Gasteiger partial charge >= 0.3 is 24.2 Å². The number of rotatable bonds is 4. The molecule has 1 aromatic rings. The van der Waals surface area contributed by atoms with E-state index in [1.807, 2.05) is 0 Å². The molecule has 0 atom stereocenters. The van der Waals surface area contributed by atoms with Crippen LogP contribution in [0.25, 0.3) is 0 Å². The van der Waals surface area contributed by atoms with Crippen LogP contribution in [-0.2, 0) is 6.42 Å². The minimum absolute atomic E-state index is 0.726. The molecular weight excluding hydrogens is 350 g/mol. The lowest BCUT2D eigenvalue weighted by molar-refractivity contribution is -0.422. The van der Waals surface area contributed by atoms with Gasteiger partial charge in [-0.3, -0.25) is 0 Å². The van der Waals surface area contributed by atoms with Crippen LogP contribution in [0.15, 0.2) is 30.3 Å². The number of halogens is 10. The minimum Gasteiger partial charge on any atom is -0.377 e. The van der Waals surface area contributed by atoms with Crippen molar-refractivity contribution in [2.24, 2.45) is 0 Å². The van der Waals surface area contributed by atoms with Crippen molar-refractivity contribution in [3.05, 3.63) is 35.9 Å². The van der Waals surface area contributed by atoms with E-state index in [0.29, 0.717) is 0 Å². The summed E-state index contributed by atoms with van der Waals surface area (Å²) in [7, 11) is 0. The summed E-state index contributed by atoms with van der Waals surface area (Å²) in [6, 6.07) is 4.68. The highest BCUT2D eigenvalue weighted by molar-refractivity contribution is 5.22. The van der Waals surface area contributed by atoms with E-state index in [-0.39, 0.29) is 0 Å². The lowest BCUT2D eigenvalue weighted by atomic mass is 9.81. The van der Waals surface area contributed by atoms with Crippen LogP contribution in [0.3, 0.4) is 0 Å². The van der Waals surface area contributed by atoms with E-state index in [0.717, 1.165) is 24.3 Å². The van der Waals surface area contributed by atoms with Crippen molar-refractivity contribution in [1.29, 1.82) is 0 Å². The fourth-order valence-electron chi connectivity index (χ4n) is 1.78. The van der Waals surface area contributed by atoms with Crippen LogP contribution in [0.5, 0.6) is 0 Å². The van der Waals surface area contributed by atoms with Crippen LogP contribution in [-0.4, -0.2) is 34.9 Å². The molecule has 1 nitrogen and oxygen atoms in total. The predicted octanol–water partition coefficient (Wildman–Crippen LogP) is 4.36. The molecular formula is C12H8F10O. The Morgan fingerprint density at radius 1 is 0.652 bits per heavy atom. The van der Waals surface area contributed by atoms with Crippen LogP contribution in [0.1, 0.15) is 5.56 Å². The zero-order valence-electron chi connectivity index (χ0n) is 10.8. The van der Waals surface area contributed by atoms with Crippen molar-refractivity contribution < 1.29 is 49.0 Å². The van der Waals surface area contributed by atoms with E-state index in [2.05, 4.69) is 0 Å². The summed E-state index contributed by atoms with van der Waals surface area (Å²) in [6.45, 7) is 0. The number of hydrogen-bond acceptors (Lipinski definition) is 1. The second kappa shape index (κ2) is 5.53. The molecule has 0 radical (unpaired) electrons. The van der Waals surface area contributed by atoms with Gasteiger partial charge in [0.2, 0.25) is 5.60 Å². The molecule has 0 saturated heterocycles. The lowest BCUT2D eigenvalue weighted by Gasteiger charge is -2.42. The third-order valence-electron chi connectivity index (χ3n) is 3.05. The molecule has 0 aliphatic heterocycles. The van der Waals surface area contributed by atoms with Crippen molar-refractivity contribution >= 4 is 0 Å². The Kier molecular flexibility index (Phi) is 4.70. The quantitative estimate of drug-likeness (QED) is 0.794. The van der Waals surface area contributed by atoms with Crippen LogP contribution in [0.4, 0.5) is 43.9 Å². The fourth-order valence-corrected chi connectivity index (χ4v) is 1.78. The van der Waals surface area contributed by atoms with Crippen molar-refractivity contribution in [2.75, 3.05) is 0 Å². The van der Waals surface area contributed by atoms with Gasteiger partial charge in [-0.1, -0.05) is 30.3 Å². The van der Waals surface area contributed by atoms with E-state index in [4.69, 9.17) is 0 Å². The van der Waals surface area contributed by atoms with E-state index in [1.54, 1.807) is 0 Å². The van der Waals surface area contributed by atoms with E-state index >= 15 is 0 Å². The molecule has 1 N–H and O–H groups in total. The average molecular weight is 358 g/mol. The maximum absolute atomic E-state index is 13.3. The Morgan fingerprint density at radius 2 is 1.00 bits per heavy atom. The Morgan fingerprint density at radius 3 is 1.30 bits per heavy atom. The molecule has 0 saturated carbocycles. The molecule has 23 heavy (non-hydrogen) atoms. The molecule has 0 aliphatic carbocycles. The predicted molar refractivity (Wildman–Crippen MR) is 57.1 cm³/mol. The number of hydrogen-bond donors (Lipinski definition) is 1. The molecule has 1 aromatic carbocycles. The summed E-state index contributed by atoms with van der Waals surface area (Å²) in [5.74, 6) is -13.5. The van der Waals surface area contributed by atoms with Crippen molar-refractivity contribution in [2.45, 2.75) is 36.2 Å². The number of aliphatic hydroxyl groups is 1. The second-order valence-electron chi connectivity index (χ2n) is 4.67. The van der Waals surface area contributed by atoms with Gasteiger partial charge in [-0.15, -0.1) is 0 Å². The molecule has 0 fully saturated rings. The molecule has 1 rings (SSSR count). The first-order valence-electron chi connectivity index (χ1n) is 5.73. The lowest BCUT2D eigenvalue weighted by Crippen LogP contribution is -2.71. The third-order valence-corrected chi connectivity index (χ3v) is 3.05. The summed E-state index contributed by atoms with van der Waals surface area (Å²) < 4.78 is 127. The summed E-state index contributed by atoms with van der Waals surface area (Å²) in [6.07, 6.45) is -15.9. The third kappa shape index (κ3) is 3.10. The normalized spacial score (nSPS) is 14.9. The highest BCUT2D eigenvalue weighted by atomic mass is 19.4. The van der Waals surface area contributed by atoms with Crippen LogP contribution in [0, 0.1) is 0 Å². The van der Waals surface area contributed by atoms with Gasteiger partial charge in [0.1, 0.15) is 0 Å². The smallest absolute Gasteiger partial charge is 0.377 e. The van der Waals surface area contributed by atoms with Crippen LogP contribution >= 0.6 is 0 Å². The van der Waals surface area contributed by atoms with Gasteiger partial charge in [0, 0.05) is 6.42 Å². The molecule has 0 amide bonds. The molecule has 0 aliphatic rings. The maximum atomic E-state index is 13.3. The fraction of sp³-hybridized carbons (Fsp3) is 0.500. The Hall–Kier alpha value is -1.52. The monoisotopic (exact) mass is 358 g/mol. The SMILES string of the molecule is OC(Cc1ccccc1)(C(F)(F)C(F)(F)F)C(F)(F)C(F)(F)F. The van der Waals surface area contributed by atoms with Gasteiger partial charge in [-0.25, -0.2) is 0 Å². The van der Waals surface area contributed by atoms with E-state index in [9.17, 15) is 49.0 Å². The largest absolute Gasteiger partial charge is 0.456 e. The standard InChI is InChI=1S/C12H8F10O/c13-9(14,11(17,18)19)8(23,10(15,16)12(20,21)22)6-7-4-2-1-3-5-7/h1-5,23H,6H2. The molecule has 0 unspecified atom stereocenters. The minimum atomic E-state index is -6.83. The van der Waals surface area contributed by atoms with Gasteiger partial charge in [0.25, 0.3) is 0 Å². The van der Waals surface area contributed by atoms with Gasteiger partial charge in [0.05, 0.1) is 0 Å². The first-order chi connectivity index (χ1) is 10.1. The van der Waals surface area contributed by atoms with Crippen LogP contribution in [0.2, 0.25) is 0 Å². The first-order valence-corrected chi connectivity index (χ1v) is 5.73. The molecule has 0 heterocycles. The molecule has 0 bridgehead atoms. The van der Waals surface area contributed by atoms with Gasteiger partial charge < -0.3 is 5.11 Å². The number of benzene rings is 1. The Labute approximate surface area is 122 Å². The highest BCUT2D eigenvalue weighted by Crippen LogP contribution is 2.55. The Bertz CT molecular complexity index is 505. The molecule has 0 aromatic heterocycles. The van der Waals surface area contributed by atoms with Crippen LogP contribution < -0.4 is 0 Å². The zero-order valence-corrected chi connectivity index (χ0v) is 10.8. The maximum Gasteiger partial charge on any atom is 0.456 e. The average Bonchev–Trinajstić information content (AvgIpc) is 2.36. The van der Waals surface area contributed by atoms with E-state index < -0.39 is 41.8 Å². The van der Waals surface area contributed by atoms with E-state index in [1.165, 1.54) is 6.07 Å². The zero-order chi connectivity index (χ0) is 18.3. The summed E-state index contributed by atoms with van der Waals surface area (Å²) >= 11 is 0. The van der Waals surface area contributed by atoms with Gasteiger partial charge in [0.15, 0.2) is 0 Å². The van der Waals surface area contributed by atoms with Gasteiger partial charge in [-0.2, -0.15) is 43.9 Å². The topological polar surface area (TPSA) is 20.2 Å². The Balaban J connectivity index is 3.55. The van der Waals surface area contributed by atoms with Crippen molar-refractivity contribution in [3.63, 3.8) is 0 Å². The summed E-state index contributed by atoms with van der Waals surface area (Å²) in [4.78, 5) is 0. The second-order valence-corrected chi connectivity index (χ2v) is 4.67. The number of alkyl halides is 10. The van der Waals surface area contributed by atoms with Crippen molar-refractivity contribution in [3.8, 4) is 0 Å². The molecule has 132 valence electrons. The first kappa shape index (κ1) is 19.5. The van der Waals surface area contributed by atoms with Gasteiger partial charge in [-0.05, 0) is 5.56 Å². The molecule has 11 heteroatoms. The summed E-state index contributed by atoms with van der Waals surface area (Å²) in [5, 5.41) is 9.25.